The smallest absolute Gasteiger partial charge is 0.271 e. The molecular weight excluding hydrogens is 264 g/mol. The van der Waals surface area contributed by atoms with Gasteiger partial charge in [-0.25, -0.2) is 8.42 Å². The summed E-state index contributed by atoms with van der Waals surface area (Å²) in [6.45, 7) is 0.360. The van der Waals surface area contributed by atoms with Gasteiger partial charge in [0.2, 0.25) is 0 Å². The van der Waals surface area contributed by atoms with Crippen molar-refractivity contribution in [2.24, 2.45) is 5.73 Å². The van der Waals surface area contributed by atoms with Gasteiger partial charge >= 0.3 is 0 Å². The van der Waals surface area contributed by atoms with Crippen LogP contribution in [-0.4, -0.2) is 8.42 Å². The topological polar surface area (TPSA) is 72.2 Å². The molecule has 2 aromatic heterocycles. The Bertz CT molecular complexity index is 557. The van der Waals surface area contributed by atoms with Gasteiger partial charge in [-0.1, -0.05) is 0 Å². The fourth-order valence-corrected chi connectivity index (χ4v) is 4.09. The molecule has 0 unspecified atom stereocenters. The lowest BCUT2D eigenvalue weighted by atomic mass is 10.5. The minimum atomic E-state index is -3.45. The first-order valence-electron chi connectivity index (χ1n) is 4.45. The fourth-order valence-electron chi connectivity index (χ4n) is 1.14. The van der Waals surface area contributed by atoms with Gasteiger partial charge < -0.3 is 5.73 Å². The van der Waals surface area contributed by atoms with Crippen molar-refractivity contribution >= 4 is 38.4 Å². The molecule has 16 heavy (non-hydrogen) atoms. The molecule has 0 saturated heterocycles. The molecule has 2 heterocycles. The molecule has 0 spiro atoms. The van der Waals surface area contributed by atoms with Crippen LogP contribution in [0.1, 0.15) is 4.88 Å². The number of hydrogen-bond acceptors (Lipinski definition) is 5. The zero-order valence-electron chi connectivity index (χ0n) is 8.21. The fraction of sp³-hybridized carbons (Fsp3) is 0.111. The van der Waals surface area contributed by atoms with E-state index in [2.05, 4.69) is 4.72 Å². The van der Waals surface area contributed by atoms with E-state index in [1.807, 2.05) is 5.38 Å². The molecular formula is C9H10N2O2S3. The minimum absolute atomic E-state index is 0.291. The first-order valence-corrected chi connectivity index (χ1v) is 7.70. The average molecular weight is 274 g/mol. The highest BCUT2D eigenvalue weighted by Crippen LogP contribution is 2.24. The van der Waals surface area contributed by atoms with Crippen molar-refractivity contribution in [2.75, 3.05) is 4.72 Å². The maximum atomic E-state index is 11.9. The van der Waals surface area contributed by atoms with Crippen molar-refractivity contribution in [1.82, 2.24) is 0 Å². The van der Waals surface area contributed by atoms with Gasteiger partial charge in [-0.05, 0) is 23.6 Å². The Morgan fingerprint density at radius 3 is 2.69 bits per heavy atom. The Hall–Kier alpha value is -0.890. The summed E-state index contributed by atoms with van der Waals surface area (Å²) in [5.74, 6) is 0. The van der Waals surface area contributed by atoms with Gasteiger partial charge in [0.15, 0.2) is 0 Å². The summed E-state index contributed by atoms with van der Waals surface area (Å²) in [7, 11) is -3.45. The molecule has 0 radical (unpaired) electrons. The second kappa shape index (κ2) is 4.54. The zero-order chi connectivity index (χ0) is 11.6. The lowest BCUT2D eigenvalue weighted by Crippen LogP contribution is -2.10. The average Bonchev–Trinajstić information content (AvgIpc) is 2.85. The molecule has 0 amide bonds. The third-order valence-corrected chi connectivity index (χ3v) is 5.54. The number of nitrogens with one attached hydrogen (secondary N) is 1. The summed E-state index contributed by atoms with van der Waals surface area (Å²) < 4.78 is 26.6. The zero-order valence-corrected chi connectivity index (χ0v) is 10.7. The number of anilines is 1. The molecule has 0 aliphatic heterocycles. The summed E-state index contributed by atoms with van der Waals surface area (Å²) in [6.07, 6.45) is 0. The summed E-state index contributed by atoms with van der Waals surface area (Å²) in [4.78, 5) is 0.852. The maximum Gasteiger partial charge on any atom is 0.271 e. The van der Waals surface area contributed by atoms with E-state index in [4.69, 9.17) is 5.73 Å². The molecule has 0 bridgehead atoms. The van der Waals surface area contributed by atoms with E-state index in [1.54, 1.807) is 23.6 Å². The van der Waals surface area contributed by atoms with Crippen LogP contribution < -0.4 is 10.5 Å². The lowest BCUT2D eigenvalue weighted by molar-refractivity contribution is 0.603. The molecule has 2 aromatic rings. The Labute approximate surface area is 102 Å². The van der Waals surface area contributed by atoms with Crippen molar-refractivity contribution in [3.8, 4) is 0 Å². The van der Waals surface area contributed by atoms with Gasteiger partial charge in [-0.3, -0.25) is 4.72 Å². The number of sulfonamides is 1. The van der Waals surface area contributed by atoms with Gasteiger partial charge in [0.25, 0.3) is 10.0 Å². The Kier molecular flexibility index (Phi) is 3.29. The molecule has 0 aromatic carbocycles. The second-order valence-corrected chi connectivity index (χ2v) is 6.90. The Morgan fingerprint density at radius 1 is 1.31 bits per heavy atom. The van der Waals surface area contributed by atoms with Crippen molar-refractivity contribution in [3.05, 3.63) is 33.8 Å². The van der Waals surface area contributed by atoms with E-state index < -0.39 is 10.0 Å². The van der Waals surface area contributed by atoms with Crippen LogP contribution in [-0.2, 0) is 16.6 Å². The molecule has 4 nitrogen and oxygen atoms in total. The van der Waals surface area contributed by atoms with Crippen molar-refractivity contribution in [1.29, 1.82) is 0 Å². The molecule has 7 heteroatoms. The molecule has 0 fully saturated rings. The quantitative estimate of drug-likeness (QED) is 0.896. The normalized spacial score (nSPS) is 11.6. The van der Waals surface area contributed by atoms with Crippen LogP contribution in [0.5, 0.6) is 0 Å². The molecule has 0 aliphatic rings. The molecule has 3 N–H and O–H groups in total. The first kappa shape index (κ1) is 11.6. The van der Waals surface area contributed by atoms with Gasteiger partial charge in [-0.2, -0.15) is 11.3 Å². The largest absolute Gasteiger partial charge is 0.326 e. The standard InChI is InChI=1S/C9H10N2O2S3/c10-5-8-1-2-9(15-8)16(12,13)11-7-3-4-14-6-7/h1-4,6,11H,5,10H2. The Balaban J connectivity index is 2.25. The maximum absolute atomic E-state index is 11.9. The van der Waals surface area contributed by atoms with Gasteiger partial charge in [-0.15, -0.1) is 11.3 Å². The summed E-state index contributed by atoms with van der Waals surface area (Å²) in [5, 5.41) is 3.56. The van der Waals surface area contributed by atoms with Crippen LogP contribution in [0.2, 0.25) is 0 Å². The van der Waals surface area contributed by atoms with Crippen LogP contribution in [0.3, 0.4) is 0 Å². The molecule has 2 rings (SSSR count). The molecule has 0 atom stereocenters. The van der Waals surface area contributed by atoms with Gasteiger partial charge in [0, 0.05) is 16.8 Å². The number of rotatable bonds is 4. The van der Waals surface area contributed by atoms with E-state index in [0.29, 0.717) is 16.4 Å². The summed E-state index contributed by atoms with van der Waals surface area (Å²) in [6, 6.07) is 5.02. The van der Waals surface area contributed by atoms with E-state index in [-0.39, 0.29) is 0 Å². The molecule has 86 valence electrons. The summed E-state index contributed by atoms with van der Waals surface area (Å²) >= 11 is 2.63. The van der Waals surface area contributed by atoms with Crippen LogP contribution >= 0.6 is 22.7 Å². The predicted octanol–water partition coefficient (Wildman–Crippen LogP) is 2.07. The van der Waals surface area contributed by atoms with Crippen molar-refractivity contribution < 1.29 is 8.42 Å². The number of thiophene rings is 2. The highest BCUT2D eigenvalue weighted by atomic mass is 32.2. The van der Waals surface area contributed by atoms with E-state index in [0.717, 1.165) is 4.88 Å². The van der Waals surface area contributed by atoms with E-state index in [1.165, 1.54) is 22.7 Å². The second-order valence-electron chi connectivity index (χ2n) is 3.04. The van der Waals surface area contributed by atoms with Crippen LogP contribution in [0.4, 0.5) is 5.69 Å². The van der Waals surface area contributed by atoms with Gasteiger partial charge in [0.05, 0.1) is 5.69 Å². The molecule has 0 saturated carbocycles. The van der Waals surface area contributed by atoms with Crippen molar-refractivity contribution in [3.63, 3.8) is 0 Å². The summed E-state index contributed by atoms with van der Waals surface area (Å²) in [5.41, 5.74) is 6.03. The molecule has 0 aliphatic carbocycles. The third kappa shape index (κ3) is 2.43. The van der Waals surface area contributed by atoms with Crippen molar-refractivity contribution in [2.45, 2.75) is 10.8 Å². The highest BCUT2D eigenvalue weighted by Gasteiger charge is 2.16. The third-order valence-electron chi connectivity index (χ3n) is 1.88. The number of hydrogen-bond donors (Lipinski definition) is 2. The SMILES string of the molecule is NCc1ccc(S(=O)(=O)Nc2ccsc2)s1. The minimum Gasteiger partial charge on any atom is -0.326 e. The Morgan fingerprint density at radius 2 is 2.12 bits per heavy atom. The van der Waals surface area contributed by atoms with Crippen LogP contribution in [0.25, 0.3) is 0 Å². The van der Waals surface area contributed by atoms with Crippen LogP contribution in [0, 0.1) is 0 Å². The highest BCUT2D eigenvalue weighted by molar-refractivity contribution is 7.94. The monoisotopic (exact) mass is 274 g/mol. The van der Waals surface area contributed by atoms with E-state index >= 15 is 0 Å². The number of nitrogens with two attached hydrogens (primary N) is 1. The van der Waals surface area contributed by atoms with Gasteiger partial charge in [0.1, 0.15) is 4.21 Å². The lowest BCUT2D eigenvalue weighted by Gasteiger charge is -2.02. The van der Waals surface area contributed by atoms with Crippen LogP contribution in [0.15, 0.2) is 33.2 Å². The van der Waals surface area contributed by atoms with E-state index in [9.17, 15) is 8.42 Å². The predicted molar refractivity (Wildman–Crippen MR) is 67.3 cm³/mol. The first-order chi connectivity index (χ1) is 7.62.